The molecule has 1 rings (SSSR count). The Bertz CT molecular complexity index is 163. The molecule has 0 aromatic carbocycles. The molecule has 2 atom stereocenters. The van der Waals surface area contributed by atoms with Gasteiger partial charge in [0.25, 0.3) is 0 Å². The number of Topliss-reactive ketones (excluding diaryl/α,β-unsaturated/α-hetero) is 1. The highest BCUT2D eigenvalue weighted by molar-refractivity contribution is 5.75. The Balaban J connectivity index is 2.31. The van der Waals surface area contributed by atoms with E-state index in [2.05, 4.69) is 6.92 Å². The number of rotatable bonds is 4. The Kier molecular flexibility index (Phi) is 4.47. The smallest absolute Gasteiger partial charge is 0.129 e. The first kappa shape index (κ1) is 10.7. The molecule has 0 amide bonds. The maximum absolute atomic E-state index is 10.9. The summed E-state index contributed by atoms with van der Waals surface area (Å²) in [6.45, 7) is 4.00. The van der Waals surface area contributed by atoms with Crippen LogP contribution in [-0.2, 0) is 4.79 Å². The van der Waals surface area contributed by atoms with Crippen molar-refractivity contribution in [3.8, 4) is 0 Å². The van der Waals surface area contributed by atoms with Gasteiger partial charge in [-0.05, 0) is 25.2 Å². The van der Waals surface area contributed by atoms with Crippen LogP contribution in [0.1, 0.15) is 58.8 Å². The average molecular weight is 182 g/mol. The third kappa shape index (κ3) is 3.50. The lowest BCUT2D eigenvalue weighted by atomic mass is 9.75. The monoisotopic (exact) mass is 182 g/mol. The van der Waals surface area contributed by atoms with Gasteiger partial charge < -0.3 is 4.79 Å². The van der Waals surface area contributed by atoms with Crippen LogP contribution in [-0.4, -0.2) is 5.78 Å². The molecule has 0 bridgehead atoms. The first-order valence-electron chi connectivity index (χ1n) is 5.73. The summed E-state index contributed by atoms with van der Waals surface area (Å²) in [5.74, 6) is 2.12. The predicted molar refractivity (Wildman–Crippen MR) is 55.7 cm³/mol. The molecule has 1 heteroatoms. The second kappa shape index (κ2) is 5.41. The topological polar surface area (TPSA) is 17.1 Å². The van der Waals surface area contributed by atoms with Crippen molar-refractivity contribution in [2.24, 2.45) is 11.8 Å². The molecule has 0 aromatic heterocycles. The molecular weight excluding hydrogens is 160 g/mol. The van der Waals surface area contributed by atoms with Crippen molar-refractivity contribution in [1.29, 1.82) is 0 Å². The van der Waals surface area contributed by atoms with Gasteiger partial charge in [-0.25, -0.2) is 0 Å². The van der Waals surface area contributed by atoms with Crippen LogP contribution >= 0.6 is 0 Å². The fourth-order valence-corrected chi connectivity index (χ4v) is 2.59. The molecule has 1 aliphatic carbocycles. The van der Waals surface area contributed by atoms with E-state index in [0.717, 1.165) is 24.7 Å². The molecule has 0 aromatic rings. The van der Waals surface area contributed by atoms with Crippen molar-refractivity contribution in [3.63, 3.8) is 0 Å². The second-order valence-corrected chi connectivity index (χ2v) is 4.45. The maximum atomic E-state index is 10.9. The van der Waals surface area contributed by atoms with Gasteiger partial charge in [-0.3, -0.25) is 0 Å². The van der Waals surface area contributed by atoms with E-state index in [1.54, 1.807) is 6.92 Å². The van der Waals surface area contributed by atoms with Gasteiger partial charge in [0.05, 0.1) is 0 Å². The maximum Gasteiger partial charge on any atom is 0.129 e. The third-order valence-corrected chi connectivity index (χ3v) is 3.46. The van der Waals surface area contributed by atoms with Gasteiger partial charge in [0.1, 0.15) is 5.78 Å². The van der Waals surface area contributed by atoms with Crippen LogP contribution < -0.4 is 0 Å². The minimum atomic E-state index is 0.362. The van der Waals surface area contributed by atoms with Crippen molar-refractivity contribution in [1.82, 2.24) is 0 Å². The highest BCUT2D eigenvalue weighted by Crippen LogP contribution is 2.34. The van der Waals surface area contributed by atoms with Crippen LogP contribution in [0.5, 0.6) is 0 Å². The third-order valence-electron chi connectivity index (χ3n) is 3.46. The Morgan fingerprint density at radius 3 is 2.38 bits per heavy atom. The molecule has 0 heterocycles. The summed E-state index contributed by atoms with van der Waals surface area (Å²) in [5, 5.41) is 0. The van der Waals surface area contributed by atoms with Crippen LogP contribution in [0.4, 0.5) is 0 Å². The molecule has 0 saturated heterocycles. The highest BCUT2D eigenvalue weighted by atomic mass is 16.1. The zero-order valence-electron chi connectivity index (χ0n) is 9.01. The fourth-order valence-electron chi connectivity index (χ4n) is 2.59. The van der Waals surface area contributed by atoms with Crippen molar-refractivity contribution in [2.75, 3.05) is 0 Å². The molecule has 1 saturated carbocycles. The molecule has 13 heavy (non-hydrogen) atoms. The van der Waals surface area contributed by atoms with Crippen LogP contribution in [0.15, 0.2) is 0 Å². The van der Waals surface area contributed by atoms with E-state index in [9.17, 15) is 4.79 Å². The molecule has 1 nitrogen and oxygen atoms in total. The van der Waals surface area contributed by atoms with Gasteiger partial charge in [0.15, 0.2) is 0 Å². The van der Waals surface area contributed by atoms with Crippen molar-refractivity contribution in [3.05, 3.63) is 0 Å². The molecule has 0 radical (unpaired) electrons. The van der Waals surface area contributed by atoms with Gasteiger partial charge in [0.2, 0.25) is 0 Å². The Hall–Kier alpha value is -0.330. The van der Waals surface area contributed by atoms with E-state index in [4.69, 9.17) is 0 Å². The molecule has 76 valence electrons. The summed E-state index contributed by atoms with van der Waals surface area (Å²) in [7, 11) is 0. The van der Waals surface area contributed by atoms with Crippen LogP contribution in [0, 0.1) is 11.8 Å². The van der Waals surface area contributed by atoms with E-state index >= 15 is 0 Å². The zero-order valence-corrected chi connectivity index (χ0v) is 9.01. The van der Waals surface area contributed by atoms with E-state index in [1.807, 2.05) is 0 Å². The number of carbonyl (C=O) groups excluding carboxylic acids is 1. The molecular formula is C12H22O. The lowest BCUT2D eigenvalue weighted by molar-refractivity contribution is -0.117. The van der Waals surface area contributed by atoms with E-state index in [0.29, 0.717) is 5.78 Å². The Labute approximate surface area is 81.9 Å². The lowest BCUT2D eigenvalue weighted by Gasteiger charge is -2.30. The SMILES string of the molecule is CCC1CCCCC1CCC(C)=O. The van der Waals surface area contributed by atoms with Gasteiger partial charge >= 0.3 is 0 Å². The lowest BCUT2D eigenvalue weighted by Crippen LogP contribution is -2.19. The number of ketones is 1. The Morgan fingerprint density at radius 2 is 1.85 bits per heavy atom. The van der Waals surface area contributed by atoms with E-state index in [-0.39, 0.29) is 0 Å². The quantitative estimate of drug-likeness (QED) is 0.649. The fraction of sp³-hybridized carbons (Fsp3) is 0.917. The molecule has 0 spiro atoms. The van der Waals surface area contributed by atoms with Crippen LogP contribution in [0.3, 0.4) is 0 Å². The summed E-state index contributed by atoms with van der Waals surface area (Å²) in [4.78, 5) is 10.9. The van der Waals surface area contributed by atoms with Gasteiger partial charge in [-0.15, -0.1) is 0 Å². The molecule has 2 unspecified atom stereocenters. The minimum Gasteiger partial charge on any atom is -0.300 e. The molecule has 1 aliphatic rings. The highest BCUT2D eigenvalue weighted by Gasteiger charge is 2.23. The van der Waals surface area contributed by atoms with Crippen molar-refractivity contribution in [2.45, 2.75) is 58.8 Å². The first-order chi connectivity index (χ1) is 6.24. The van der Waals surface area contributed by atoms with Crippen LogP contribution in [0.2, 0.25) is 0 Å². The molecule has 0 N–H and O–H groups in total. The Morgan fingerprint density at radius 1 is 1.23 bits per heavy atom. The minimum absolute atomic E-state index is 0.362. The standard InChI is InChI=1S/C12H22O/c1-3-11-6-4-5-7-12(11)9-8-10(2)13/h11-12H,3-9H2,1-2H3. The second-order valence-electron chi connectivity index (χ2n) is 4.45. The summed E-state index contributed by atoms with van der Waals surface area (Å²) in [5.41, 5.74) is 0. The van der Waals surface area contributed by atoms with Gasteiger partial charge in [-0.1, -0.05) is 39.0 Å². The van der Waals surface area contributed by atoms with Crippen LogP contribution in [0.25, 0.3) is 0 Å². The van der Waals surface area contributed by atoms with Crippen molar-refractivity contribution >= 4 is 5.78 Å². The van der Waals surface area contributed by atoms with Crippen molar-refractivity contribution < 1.29 is 4.79 Å². The first-order valence-corrected chi connectivity index (χ1v) is 5.73. The average Bonchev–Trinajstić information content (AvgIpc) is 2.15. The van der Waals surface area contributed by atoms with Gasteiger partial charge in [-0.2, -0.15) is 0 Å². The number of hydrogen-bond acceptors (Lipinski definition) is 1. The van der Waals surface area contributed by atoms with E-state index in [1.165, 1.54) is 32.1 Å². The largest absolute Gasteiger partial charge is 0.300 e. The number of carbonyl (C=O) groups is 1. The summed E-state index contributed by atoms with van der Waals surface area (Å²) < 4.78 is 0. The van der Waals surface area contributed by atoms with Gasteiger partial charge in [0, 0.05) is 6.42 Å². The summed E-state index contributed by atoms with van der Waals surface area (Å²) in [6, 6.07) is 0. The summed E-state index contributed by atoms with van der Waals surface area (Å²) in [6.07, 6.45) is 8.83. The summed E-state index contributed by atoms with van der Waals surface area (Å²) >= 11 is 0. The normalized spacial score (nSPS) is 28.8. The number of hydrogen-bond donors (Lipinski definition) is 0. The predicted octanol–water partition coefficient (Wildman–Crippen LogP) is 3.57. The van der Waals surface area contributed by atoms with E-state index < -0.39 is 0 Å². The molecule has 1 fully saturated rings. The zero-order chi connectivity index (χ0) is 9.68. The molecule has 0 aliphatic heterocycles.